The van der Waals surface area contributed by atoms with Gasteiger partial charge in [-0.15, -0.1) is 0 Å². The zero-order chi connectivity index (χ0) is 11.4. The molecule has 86 valence electrons. The van der Waals surface area contributed by atoms with Crippen molar-refractivity contribution in [3.8, 4) is 0 Å². The van der Waals surface area contributed by atoms with Gasteiger partial charge in [-0.2, -0.15) is 0 Å². The Morgan fingerprint density at radius 2 is 2.50 bits per heavy atom. The Bertz CT molecular complexity index is 365. The van der Waals surface area contributed by atoms with E-state index in [1.807, 2.05) is 12.3 Å². The Balaban J connectivity index is 1.99. The lowest BCUT2D eigenvalue weighted by Crippen LogP contribution is -2.35. The van der Waals surface area contributed by atoms with Crippen LogP contribution in [-0.4, -0.2) is 29.3 Å². The van der Waals surface area contributed by atoms with Gasteiger partial charge in [0.05, 0.1) is 5.69 Å². The maximum absolute atomic E-state index is 10.8. The van der Waals surface area contributed by atoms with Crippen LogP contribution in [0.1, 0.15) is 24.1 Å². The molecule has 0 aliphatic carbocycles. The van der Waals surface area contributed by atoms with Crippen molar-refractivity contribution in [2.75, 3.05) is 13.1 Å². The van der Waals surface area contributed by atoms with Crippen LogP contribution in [0.5, 0.6) is 0 Å². The molecule has 1 saturated heterocycles. The number of aryl methyl sites for hydroxylation is 1. The van der Waals surface area contributed by atoms with Crippen molar-refractivity contribution in [3.63, 3.8) is 0 Å². The lowest BCUT2D eigenvalue weighted by Gasteiger charge is -2.30. The van der Waals surface area contributed by atoms with Crippen LogP contribution in [-0.2, 0) is 11.3 Å². The van der Waals surface area contributed by atoms with E-state index in [4.69, 9.17) is 0 Å². The van der Waals surface area contributed by atoms with Gasteiger partial charge in [0.2, 0.25) is 0 Å². The molecule has 0 aromatic carbocycles. The molecule has 1 aliphatic heterocycles. The molecule has 16 heavy (non-hydrogen) atoms. The van der Waals surface area contributed by atoms with E-state index in [0.717, 1.165) is 44.5 Å². The SMILES string of the molecule is Cc1cccnc1CN1CCCC(C=O)C1. The fourth-order valence-electron chi connectivity index (χ4n) is 2.24. The van der Waals surface area contributed by atoms with Gasteiger partial charge < -0.3 is 4.79 Å². The fourth-order valence-corrected chi connectivity index (χ4v) is 2.24. The van der Waals surface area contributed by atoms with Crippen LogP contribution in [0.15, 0.2) is 18.3 Å². The molecule has 0 amide bonds. The fraction of sp³-hybridized carbons (Fsp3) is 0.538. The highest BCUT2D eigenvalue weighted by atomic mass is 16.1. The highest BCUT2D eigenvalue weighted by Gasteiger charge is 2.19. The van der Waals surface area contributed by atoms with E-state index in [-0.39, 0.29) is 5.92 Å². The van der Waals surface area contributed by atoms with Crippen LogP contribution in [0.3, 0.4) is 0 Å². The summed E-state index contributed by atoms with van der Waals surface area (Å²) in [6.07, 6.45) is 5.09. The molecule has 0 spiro atoms. The average Bonchev–Trinajstić information content (AvgIpc) is 2.32. The maximum atomic E-state index is 10.8. The van der Waals surface area contributed by atoms with Crippen molar-refractivity contribution in [2.45, 2.75) is 26.3 Å². The second-order valence-corrected chi connectivity index (χ2v) is 4.54. The summed E-state index contributed by atoms with van der Waals surface area (Å²) in [6, 6.07) is 4.05. The van der Waals surface area contributed by atoms with Crippen LogP contribution in [0.25, 0.3) is 0 Å². The number of rotatable bonds is 3. The van der Waals surface area contributed by atoms with E-state index in [1.165, 1.54) is 5.56 Å². The van der Waals surface area contributed by atoms with Gasteiger partial charge in [-0.25, -0.2) is 0 Å². The Labute approximate surface area is 96.5 Å². The topological polar surface area (TPSA) is 33.2 Å². The van der Waals surface area contributed by atoms with Crippen molar-refractivity contribution in [1.29, 1.82) is 0 Å². The van der Waals surface area contributed by atoms with Gasteiger partial charge in [0.25, 0.3) is 0 Å². The molecule has 0 bridgehead atoms. The zero-order valence-electron chi connectivity index (χ0n) is 9.72. The summed E-state index contributed by atoms with van der Waals surface area (Å²) in [6.45, 7) is 4.93. The van der Waals surface area contributed by atoms with Gasteiger partial charge >= 0.3 is 0 Å². The number of aromatic nitrogens is 1. The van der Waals surface area contributed by atoms with E-state index in [9.17, 15) is 4.79 Å². The normalized spacial score (nSPS) is 21.9. The minimum atomic E-state index is 0.220. The predicted octanol–water partition coefficient (Wildman–Crippen LogP) is 1.80. The summed E-state index contributed by atoms with van der Waals surface area (Å²) >= 11 is 0. The second-order valence-electron chi connectivity index (χ2n) is 4.54. The molecule has 0 saturated carbocycles. The van der Waals surface area contributed by atoms with E-state index < -0.39 is 0 Å². The third-order valence-corrected chi connectivity index (χ3v) is 3.23. The summed E-state index contributed by atoms with van der Waals surface area (Å²) in [5, 5.41) is 0. The third-order valence-electron chi connectivity index (χ3n) is 3.23. The number of nitrogens with zero attached hydrogens (tertiary/aromatic N) is 2. The van der Waals surface area contributed by atoms with Crippen LogP contribution < -0.4 is 0 Å². The Morgan fingerprint density at radius 3 is 3.25 bits per heavy atom. The quantitative estimate of drug-likeness (QED) is 0.725. The number of hydrogen-bond acceptors (Lipinski definition) is 3. The standard InChI is InChI=1S/C13H18N2O/c1-11-4-2-6-14-13(11)9-15-7-3-5-12(8-15)10-16/h2,4,6,10,12H,3,5,7-9H2,1H3. The van der Waals surface area contributed by atoms with Gasteiger partial charge in [-0.1, -0.05) is 6.07 Å². The van der Waals surface area contributed by atoms with Crippen molar-refractivity contribution in [2.24, 2.45) is 5.92 Å². The number of likely N-dealkylation sites (tertiary alicyclic amines) is 1. The Hall–Kier alpha value is -1.22. The first-order valence-corrected chi connectivity index (χ1v) is 5.87. The van der Waals surface area contributed by atoms with Crippen molar-refractivity contribution < 1.29 is 4.79 Å². The van der Waals surface area contributed by atoms with Gasteiger partial charge in [0.1, 0.15) is 6.29 Å². The molecule has 1 unspecified atom stereocenters. The van der Waals surface area contributed by atoms with Gasteiger partial charge in [-0.05, 0) is 37.9 Å². The lowest BCUT2D eigenvalue weighted by atomic mass is 9.99. The van der Waals surface area contributed by atoms with E-state index in [2.05, 4.69) is 22.9 Å². The first-order valence-electron chi connectivity index (χ1n) is 5.87. The molecule has 0 radical (unpaired) electrons. The Morgan fingerprint density at radius 1 is 1.62 bits per heavy atom. The van der Waals surface area contributed by atoms with Crippen LogP contribution in [0, 0.1) is 12.8 Å². The Kier molecular flexibility index (Phi) is 3.67. The molecular weight excluding hydrogens is 200 g/mol. The first kappa shape index (κ1) is 11.3. The second kappa shape index (κ2) is 5.21. The van der Waals surface area contributed by atoms with E-state index in [1.54, 1.807) is 0 Å². The molecule has 1 fully saturated rings. The molecule has 2 rings (SSSR count). The minimum absolute atomic E-state index is 0.220. The number of piperidine rings is 1. The van der Waals surface area contributed by atoms with E-state index in [0.29, 0.717) is 0 Å². The summed E-state index contributed by atoms with van der Waals surface area (Å²) < 4.78 is 0. The predicted molar refractivity (Wildman–Crippen MR) is 63.0 cm³/mol. The summed E-state index contributed by atoms with van der Waals surface area (Å²) in [5.41, 5.74) is 2.37. The third kappa shape index (κ3) is 2.67. The number of hydrogen-bond donors (Lipinski definition) is 0. The number of aldehydes is 1. The molecule has 1 aliphatic rings. The minimum Gasteiger partial charge on any atom is -0.303 e. The number of carbonyl (C=O) groups is 1. The molecule has 1 aromatic rings. The zero-order valence-corrected chi connectivity index (χ0v) is 9.72. The molecule has 3 nitrogen and oxygen atoms in total. The highest BCUT2D eigenvalue weighted by Crippen LogP contribution is 2.17. The molecule has 1 aromatic heterocycles. The van der Waals surface area contributed by atoms with Crippen LogP contribution in [0.4, 0.5) is 0 Å². The molecule has 0 N–H and O–H groups in total. The van der Waals surface area contributed by atoms with E-state index >= 15 is 0 Å². The van der Waals surface area contributed by atoms with Crippen molar-refractivity contribution >= 4 is 6.29 Å². The molecule has 3 heteroatoms. The lowest BCUT2D eigenvalue weighted by molar-refractivity contribution is -0.112. The van der Waals surface area contributed by atoms with Gasteiger partial charge in [0, 0.05) is 25.2 Å². The monoisotopic (exact) mass is 218 g/mol. The van der Waals surface area contributed by atoms with Crippen LogP contribution in [0.2, 0.25) is 0 Å². The largest absolute Gasteiger partial charge is 0.303 e. The first-order chi connectivity index (χ1) is 7.79. The molecule has 2 heterocycles. The van der Waals surface area contributed by atoms with Gasteiger partial charge in [-0.3, -0.25) is 9.88 Å². The van der Waals surface area contributed by atoms with Crippen LogP contribution >= 0.6 is 0 Å². The maximum Gasteiger partial charge on any atom is 0.124 e. The smallest absolute Gasteiger partial charge is 0.124 e. The summed E-state index contributed by atoms with van der Waals surface area (Å²) in [7, 11) is 0. The van der Waals surface area contributed by atoms with Gasteiger partial charge in [0.15, 0.2) is 0 Å². The molecular formula is C13H18N2O. The van der Waals surface area contributed by atoms with Crippen molar-refractivity contribution in [1.82, 2.24) is 9.88 Å². The molecule has 1 atom stereocenters. The highest BCUT2D eigenvalue weighted by molar-refractivity contribution is 5.53. The van der Waals surface area contributed by atoms with Crippen molar-refractivity contribution in [3.05, 3.63) is 29.6 Å². The number of carbonyl (C=O) groups excluding carboxylic acids is 1. The average molecular weight is 218 g/mol. The summed E-state index contributed by atoms with van der Waals surface area (Å²) in [5.74, 6) is 0.220. The summed E-state index contributed by atoms with van der Waals surface area (Å²) in [4.78, 5) is 17.5. The number of pyridine rings is 1.